The lowest BCUT2D eigenvalue weighted by Gasteiger charge is -2.14. The summed E-state index contributed by atoms with van der Waals surface area (Å²) in [6.45, 7) is 4.31. The highest BCUT2D eigenvalue weighted by Crippen LogP contribution is 2.29. The summed E-state index contributed by atoms with van der Waals surface area (Å²) in [6.07, 6.45) is 0.353. The number of nitrogens with one attached hydrogen (secondary N) is 1. The Morgan fingerprint density at radius 3 is 2.55 bits per heavy atom. The minimum atomic E-state index is -1.22. The SMILES string of the molecule is COc1cc(CCNC(=O)CCC(=O)[O-])ccc1OC(C)C. The van der Waals surface area contributed by atoms with Gasteiger partial charge in [-0.2, -0.15) is 0 Å². The fraction of sp³-hybridized carbons (Fsp3) is 0.500. The van der Waals surface area contributed by atoms with E-state index >= 15 is 0 Å². The van der Waals surface area contributed by atoms with Crippen LogP contribution >= 0.6 is 0 Å². The van der Waals surface area contributed by atoms with E-state index in [0.29, 0.717) is 24.5 Å². The van der Waals surface area contributed by atoms with E-state index in [9.17, 15) is 14.7 Å². The van der Waals surface area contributed by atoms with Crippen LogP contribution in [0.15, 0.2) is 18.2 Å². The molecular formula is C16H22NO5-. The number of carboxylic acid groups (broad SMARTS) is 1. The number of hydrogen-bond donors (Lipinski definition) is 1. The molecular weight excluding hydrogens is 286 g/mol. The lowest BCUT2D eigenvalue weighted by Crippen LogP contribution is -2.29. The molecule has 22 heavy (non-hydrogen) atoms. The maximum atomic E-state index is 11.4. The van der Waals surface area contributed by atoms with E-state index < -0.39 is 5.97 Å². The third-order valence-electron chi connectivity index (χ3n) is 2.88. The number of benzene rings is 1. The molecule has 1 aromatic rings. The smallest absolute Gasteiger partial charge is 0.220 e. The minimum Gasteiger partial charge on any atom is -0.550 e. The van der Waals surface area contributed by atoms with Crippen molar-refractivity contribution in [3.8, 4) is 11.5 Å². The van der Waals surface area contributed by atoms with Gasteiger partial charge in [0.25, 0.3) is 0 Å². The second-order valence-corrected chi connectivity index (χ2v) is 5.12. The second kappa shape index (κ2) is 8.92. The predicted molar refractivity (Wildman–Crippen MR) is 79.7 cm³/mol. The van der Waals surface area contributed by atoms with Gasteiger partial charge < -0.3 is 24.7 Å². The van der Waals surface area contributed by atoms with Crippen molar-refractivity contribution in [2.45, 2.75) is 39.2 Å². The van der Waals surface area contributed by atoms with Gasteiger partial charge in [-0.3, -0.25) is 4.79 Å². The van der Waals surface area contributed by atoms with Gasteiger partial charge in [0.2, 0.25) is 5.91 Å². The van der Waals surface area contributed by atoms with Crippen molar-refractivity contribution < 1.29 is 24.2 Å². The number of rotatable bonds is 9. The van der Waals surface area contributed by atoms with E-state index in [1.807, 2.05) is 32.0 Å². The molecule has 1 amide bonds. The summed E-state index contributed by atoms with van der Waals surface area (Å²) < 4.78 is 10.9. The Morgan fingerprint density at radius 1 is 1.23 bits per heavy atom. The Kier molecular flexibility index (Phi) is 7.22. The van der Waals surface area contributed by atoms with Gasteiger partial charge in [0, 0.05) is 18.9 Å². The number of aliphatic carboxylic acids is 1. The number of carbonyl (C=O) groups excluding carboxylic acids is 2. The number of amides is 1. The molecule has 0 saturated heterocycles. The second-order valence-electron chi connectivity index (χ2n) is 5.12. The van der Waals surface area contributed by atoms with Gasteiger partial charge in [-0.1, -0.05) is 6.07 Å². The largest absolute Gasteiger partial charge is 0.550 e. The van der Waals surface area contributed by atoms with Gasteiger partial charge in [-0.05, 0) is 44.4 Å². The Balaban J connectivity index is 2.49. The maximum absolute atomic E-state index is 11.4. The van der Waals surface area contributed by atoms with Gasteiger partial charge in [-0.15, -0.1) is 0 Å². The summed E-state index contributed by atoms with van der Waals surface area (Å²) >= 11 is 0. The fourth-order valence-electron chi connectivity index (χ4n) is 1.87. The molecule has 1 N–H and O–H groups in total. The molecule has 6 nitrogen and oxygen atoms in total. The van der Waals surface area contributed by atoms with Crippen molar-refractivity contribution in [2.24, 2.45) is 0 Å². The zero-order chi connectivity index (χ0) is 16.5. The quantitative estimate of drug-likeness (QED) is 0.724. The van der Waals surface area contributed by atoms with Crippen molar-refractivity contribution in [3.63, 3.8) is 0 Å². The first-order valence-corrected chi connectivity index (χ1v) is 7.22. The molecule has 0 atom stereocenters. The molecule has 0 fully saturated rings. The van der Waals surface area contributed by atoms with Crippen LogP contribution in [-0.2, 0) is 16.0 Å². The summed E-state index contributed by atoms with van der Waals surface area (Å²) in [6, 6.07) is 5.62. The molecule has 0 bridgehead atoms. The van der Waals surface area contributed by atoms with Crippen molar-refractivity contribution >= 4 is 11.9 Å². The van der Waals surface area contributed by atoms with E-state index in [1.54, 1.807) is 7.11 Å². The molecule has 122 valence electrons. The fourth-order valence-corrected chi connectivity index (χ4v) is 1.87. The molecule has 0 aliphatic carbocycles. The van der Waals surface area contributed by atoms with E-state index in [0.717, 1.165) is 5.56 Å². The summed E-state index contributed by atoms with van der Waals surface area (Å²) in [5.41, 5.74) is 0.994. The van der Waals surface area contributed by atoms with Gasteiger partial charge in [0.1, 0.15) is 0 Å². The average Bonchev–Trinajstić information content (AvgIpc) is 2.46. The molecule has 1 rings (SSSR count). The van der Waals surface area contributed by atoms with Crippen LogP contribution < -0.4 is 19.9 Å². The Bertz CT molecular complexity index is 513. The molecule has 6 heteroatoms. The lowest BCUT2D eigenvalue weighted by atomic mass is 10.1. The van der Waals surface area contributed by atoms with Gasteiger partial charge in [0.05, 0.1) is 13.2 Å². The molecule has 0 heterocycles. The van der Waals surface area contributed by atoms with Crippen molar-refractivity contribution in [3.05, 3.63) is 23.8 Å². The first kappa shape index (κ1) is 17.8. The predicted octanol–water partition coefficient (Wildman–Crippen LogP) is 0.671. The van der Waals surface area contributed by atoms with Gasteiger partial charge in [0.15, 0.2) is 11.5 Å². The first-order valence-electron chi connectivity index (χ1n) is 7.22. The van der Waals surface area contributed by atoms with Crippen LogP contribution in [-0.4, -0.2) is 31.6 Å². The monoisotopic (exact) mass is 308 g/mol. The number of ether oxygens (including phenoxy) is 2. The summed E-state index contributed by atoms with van der Waals surface area (Å²) in [4.78, 5) is 21.7. The van der Waals surface area contributed by atoms with E-state index in [2.05, 4.69) is 5.32 Å². The number of carbonyl (C=O) groups is 2. The van der Waals surface area contributed by atoms with Crippen LogP contribution in [0.4, 0.5) is 0 Å². The van der Waals surface area contributed by atoms with Gasteiger partial charge >= 0.3 is 0 Å². The third-order valence-corrected chi connectivity index (χ3v) is 2.88. The van der Waals surface area contributed by atoms with E-state index in [4.69, 9.17) is 9.47 Å². The molecule has 0 spiro atoms. The van der Waals surface area contributed by atoms with E-state index in [-0.39, 0.29) is 24.9 Å². The highest BCUT2D eigenvalue weighted by atomic mass is 16.5. The topological polar surface area (TPSA) is 87.7 Å². The van der Waals surface area contributed by atoms with Crippen LogP contribution in [0.2, 0.25) is 0 Å². The van der Waals surface area contributed by atoms with Crippen molar-refractivity contribution in [1.29, 1.82) is 0 Å². The van der Waals surface area contributed by atoms with Crippen LogP contribution in [0.5, 0.6) is 11.5 Å². The molecule has 0 unspecified atom stereocenters. The standard InChI is InChI=1S/C16H23NO5/c1-11(2)22-13-5-4-12(10-14(13)21-3)8-9-17-15(18)6-7-16(19)20/h4-5,10-11H,6-9H2,1-3H3,(H,17,18)(H,19,20)/p-1. The highest BCUT2D eigenvalue weighted by molar-refractivity contribution is 5.79. The first-order chi connectivity index (χ1) is 10.4. The number of methoxy groups -OCH3 is 1. The molecule has 0 aliphatic rings. The molecule has 0 aliphatic heterocycles. The minimum absolute atomic E-state index is 0.0581. The number of hydrogen-bond acceptors (Lipinski definition) is 5. The third kappa shape index (κ3) is 6.47. The Labute approximate surface area is 130 Å². The molecule has 0 radical (unpaired) electrons. The highest BCUT2D eigenvalue weighted by Gasteiger charge is 2.08. The maximum Gasteiger partial charge on any atom is 0.220 e. The summed E-state index contributed by atoms with van der Waals surface area (Å²) in [5.74, 6) is -0.190. The van der Waals surface area contributed by atoms with E-state index in [1.165, 1.54) is 0 Å². The normalized spacial score (nSPS) is 10.4. The van der Waals surface area contributed by atoms with Crippen LogP contribution in [0.3, 0.4) is 0 Å². The average molecular weight is 308 g/mol. The zero-order valence-electron chi connectivity index (χ0n) is 13.2. The van der Waals surface area contributed by atoms with Crippen LogP contribution in [0.25, 0.3) is 0 Å². The lowest BCUT2D eigenvalue weighted by molar-refractivity contribution is -0.305. The Hall–Kier alpha value is -2.24. The number of carboxylic acids is 1. The van der Waals surface area contributed by atoms with Crippen molar-refractivity contribution in [2.75, 3.05) is 13.7 Å². The van der Waals surface area contributed by atoms with Crippen LogP contribution in [0, 0.1) is 0 Å². The molecule has 0 saturated carbocycles. The summed E-state index contributed by atoms with van der Waals surface area (Å²) in [5, 5.41) is 12.9. The molecule has 1 aromatic carbocycles. The molecule has 0 aromatic heterocycles. The van der Waals surface area contributed by atoms with Crippen molar-refractivity contribution in [1.82, 2.24) is 5.32 Å². The summed E-state index contributed by atoms with van der Waals surface area (Å²) in [7, 11) is 1.58. The van der Waals surface area contributed by atoms with Gasteiger partial charge in [-0.25, -0.2) is 0 Å². The zero-order valence-corrected chi connectivity index (χ0v) is 13.2. The van der Waals surface area contributed by atoms with Crippen LogP contribution in [0.1, 0.15) is 32.3 Å². The Morgan fingerprint density at radius 2 is 1.95 bits per heavy atom.